The van der Waals surface area contributed by atoms with Crippen LogP contribution < -0.4 is 0 Å². The first kappa shape index (κ1) is 8.52. The lowest BCUT2D eigenvalue weighted by Crippen LogP contribution is -2.48. The Labute approximate surface area is 77.9 Å². The van der Waals surface area contributed by atoms with E-state index in [1.807, 2.05) is 0 Å². The van der Waals surface area contributed by atoms with E-state index in [0.717, 1.165) is 31.8 Å². The zero-order valence-electron chi connectivity index (χ0n) is 7.35. The zero-order chi connectivity index (χ0) is 8.77. The zero-order valence-corrected chi connectivity index (χ0v) is 8.10. The highest BCUT2D eigenvalue weighted by atomic mass is 35.5. The number of rotatable bonds is 2. The lowest BCUT2D eigenvalue weighted by molar-refractivity contribution is -0.121. The van der Waals surface area contributed by atoms with Crippen LogP contribution in [0.15, 0.2) is 0 Å². The summed E-state index contributed by atoms with van der Waals surface area (Å²) in [5.74, 6) is 0.729. The average Bonchev–Trinajstić information content (AvgIpc) is 2.60. The fourth-order valence-corrected chi connectivity index (χ4v) is 3.08. The second-order valence-corrected chi connectivity index (χ2v) is 4.30. The summed E-state index contributed by atoms with van der Waals surface area (Å²) in [6, 6.07) is 0. The van der Waals surface area contributed by atoms with Crippen LogP contribution in [0.5, 0.6) is 0 Å². The Bertz CT molecular complexity index is 219. The minimum Gasteiger partial charge on any atom is -0.290 e. The van der Waals surface area contributed by atoms with Crippen LogP contribution in [0.2, 0.25) is 0 Å². The molecule has 12 heavy (non-hydrogen) atoms. The molecule has 0 aromatic carbocycles. The van der Waals surface area contributed by atoms with Crippen LogP contribution in [0.4, 0.5) is 0 Å². The van der Waals surface area contributed by atoms with Gasteiger partial charge in [0.1, 0.15) is 0 Å². The molecule has 2 nitrogen and oxygen atoms in total. The van der Waals surface area contributed by atoms with Gasteiger partial charge >= 0.3 is 0 Å². The van der Waals surface area contributed by atoms with E-state index < -0.39 is 0 Å². The highest BCUT2D eigenvalue weighted by Gasteiger charge is 2.53. The summed E-state index contributed by atoms with van der Waals surface area (Å²) in [5.41, 5.74) is -0.263. The summed E-state index contributed by atoms with van der Waals surface area (Å²) in [5, 5.41) is -0.135. The monoisotopic (exact) mass is 187 g/mol. The normalized spacial score (nSPS) is 40.7. The second-order valence-electron chi connectivity index (χ2n) is 3.95. The Morgan fingerprint density at radius 3 is 2.92 bits per heavy atom. The molecule has 68 valence electrons. The third-order valence-corrected chi connectivity index (χ3v) is 3.78. The molecular weight excluding hydrogens is 174 g/mol. The molecule has 0 aromatic heterocycles. The summed E-state index contributed by atoms with van der Waals surface area (Å²) in [6.07, 6.45) is 3.17. The van der Waals surface area contributed by atoms with Crippen LogP contribution in [0.1, 0.15) is 26.2 Å². The fourth-order valence-electron chi connectivity index (χ4n) is 2.79. The van der Waals surface area contributed by atoms with Crippen molar-refractivity contribution >= 4 is 16.8 Å². The standard InChI is InChI=1S/C9H14ClNO/c1-2-11-6-7-3-4-9(11,5-7)8(10)12/h7H,2-6H2,1H3/t7-,9+/m0/s1. The van der Waals surface area contributed by atoms with Gasteiger partial charge in [-0.1, -0.05) is 6.92 Å². The summed E-state index contributed by atoms with van der Waals surface area (Å²) in [4.78, 5) is 13.6. The van der Waals surface area contributed by atoms with E-state index >= 15 is 0 Å². The number of likely N-dealkylation sites (tertiary alicyclic amines) is 1. The van der Waals surface area contributed by atoms with Crippen molar-refractivity contribution < 1.29 is 4.79 Å². The molecule has 3 heteroatoms. The number of halogens is 1. The molecule has 0 radical (unpaired) electrons. The molecule has 2 fully saturated rings. The smallest absolute Gasteiger partial charge is 0.241 e. The molecular formula is C9H14ClNO. The third kappa shape index (κ3) is 0.944. The van der Waals surface area contributed by atoms with Gasteiger partial charge in [-0.05, 0) is 43.3 Å². The second kappa shape index (κ2) is 2.71. The van der Waals surface area contributed by atoms with Gasteiger partial charge in [0.25, 0.3) is 0 Å². The van der Waals surface area contributed by atoms with Gasteiger partial charge in [0.2, 0.25) is 5.24 Å². The Morgan fingerprint density at radius 1 is 1.75 bits per heavy atom. The lowest BCUT2D eigenvalue weighted by atomic mass is 9.99. The van der Waals surface area contributed by atoms with Crippen molar-refractivity contribution in [3.8, 4) is 0 Å². The largest absolute Gasteiger partial charge is 0.290 e. The quantitative estimate of drug-likeness (QED) is 0.613. The van der Waals surface area contributed by atoms with E-state index in [1.165, 1.54) is 6.42 Å². The fraction of sp³-hybridized carbons (Fsp3) is 0.889. The van der Waals surface area contributed by atoms with Crippen molar-refractivity contribution in [2.75, 3.05) is 13.1 Å². The first-order chi connectivity index (χ1) is 5.69. The lowest BCUT2D eigenvalue weighted by Gasteiger charge is -2.34. The van der Waals surface area contributed by atoms with Gasteiger partial charge in [0.05, 0.1) is 5.54 Å². The maximum atomic E-state index is 11.3. The highest BCUT2D eigenvalue weighted by Crippen LogP contribution is 2.47. The predicted octanol–water partition coefficient (Wildman–Crippen LogP) is 1.63. The molecule has 2 atom stereocenters. The number of hydrogen-bond acceptors (Lipinski definition) is 2. The maximum absolute atomic E-state index is 11.3. The molecule has 1 saturated carbocycles. The average molecular weight is 188 g/mol. The number of piperidine rings is 1. The van der Waals surface area contributed by atoms with Crippen molar-refractivity contribution in [3.05, 3.63) is 0 Å². The predicted molar refractivity (Wildman–Crippen MR) is 48.2 cm³/mol. The van der Waals surface area contributed by atoms with Crippen LogP contribution in [-0.4, -0.2) is 28.8 Å². The number of nitrogens with zero attached hydrogens (tertiary/aromatic N) is 1. The van der Waals surface area contributed by atoms with E-state index in [2.05, 4.69) is 11.8 Å². The van der Waals surface area contributed by atoms with Gasteiger partial charge in [-0.15, -0.1) is 0 Å². The van der Waals surface area contributed by atoms with E-state index in [9.17, 15) is 4.79 Å². The molecule has 2 rings (SSSR count). The molecule has 0 aromatic rings. The van der Waals surface area contributed by atoms with Crippen molar-refractivity contribution in [2.24, 2.45) is 5.92 Å². The number of carbonyl (C=O) groups excluding carboxylic acids is 1. The van der Waals surface area contributed by atoms with E-state index in [-0.39, 0.29) is 10.8 Å². The van der Waals surface area contributed by atoms with E-state index in [4.69, 9.17) is 11.6 Å². The van der Waals surface area contributed by atoms with Crippen molar-refractivity contribution in [3.63, 3.8) is 0 Å². The van der Waals surface area contributed by atoms with Crippen LogP contribution in [0.3, 0.4) is 0 Å². The van der Waals surface area contributed by atoms with Crippen LogP contribution >= 0.6 is 11.6 Å². The minimum absolute atomic E-state index is 0.135. The molecule has 1 aliphatic carbocycles. The topological polar surface area (TPSA) is 20.3 Å². The molecule has 1 saturated heterocycles. The van der Waals surface area contributed by atoms with Crippen molar-refractivity contribution in [2.45, 2.75) is 31.7 Å². The minimum atomic E-state index is -0.263. The van der Waals surface area contributed by atoms with Crippen LogP contribution in [-0.2, 0) is 4.79 Å². The Hall–Kier alpha value is -0.0800. The van der Waals surface area contributed by atoms with Crippen molar-refractivity contribution in [1.29, 1.82) is 0 Å². The van der Waals surface area contributed by atoms with Gasteiger partial charge in [-0.25, -0.2) is 0 Å². The molecule has 2 aliphatic rings. The first-order valence-electron chi connectivity index (χ1n) is 4.64. The molecule has 1 aliphatic heterocycles. The van der Waals surface area contributed by atoms with Gasteiger partial charge in [0.15, 0.2) is 0 Å². The number of hydrogen-bond donors (Lipinski definition) is 0. The summed E-state index contributed by atoms with van der Waals surface area (Å²) in [6.45, 7) is 4.13. The molecule has 0 spiro atoms. The van der Waals surface area contributed by atoms with Gasteiger partial charge < -0.3 is 0 Å². The van der Waals surface area contributed by atoms with E-state index in [1.54, 1.807) is 0 Å². The van der Waals surface area contributed by atoms with Crippen LogP contribution in [0, 0.1) is 5.92 Å². The maximum Gasteiger partial charge on any atom is 0.241 e. The Morgan fingerprint density at radius 2 is 2.50 bits per heavy atom. The van der Waals surface area contributed by atoms with Gasteiger partial charge in [-0.3, -0.25) is 9.69 Å². The molecule has 1 heterocycles. The molecule has 0 N–H and O–H groups in total. The Balaban J connectivity index is 2.26. The SMILES string of the molecule is CCN1C[C@H]2CC[C@]1(C(=O)Cl)C2. The number of likely N-dealkylation sites (N-methyl/N-ethyl adjacent to an activating group) is 1. The molecule has 0 amide bonds. The van der Waals surface area contributed by atoms with E-state index in [0.29, 0.717) is 0 Å². The number of fused-ring (bicyclic) bond motifs is 2. The van der Waals surface area contributed by atoms with Crippen molar-refractivity contribution in [1.82, 2.24) is 4.90 Å². The highest BCUT2D eigenvalue weighted by molar-refractivity contribution is 6.65. The number of carbonyl (C=O) groups is 1. The summed E-state index contributed by atoms with van der Waals surface area (Å²) < 4.78 is 0. The Kier molecular flexibility index (Phi) is 1.92. The first-order valence-corrected chi connectivity index (χ1v) is 5.02. The van der Waals surface area contributed by atoms with Crippen LogP contribution in [0.25, 0.3) is 0 Å². The third-order valence-electron chi connectivity index (χ3n) is 3.42. The van der Waals surface area contributed by atoms with Gasteiger partial charge in [0, 0.05) is 6.54 Å². The van der Waals surface area contributed by atoms with Gasteiger partial charge in [-0.2, -0.15) is 0 Å². The molecule has 0 unspecified atom stereocenters. The molecule has 2 bridgehead atoms. The summed E-state index contributed by atoms with van der Waals surface area (Å²) >= 11 is 5.66. The summed E-state index contributed by atoms with van der Waals surface area (Å²) in [7, 11) is 0.